The molecule has 1 aliphatic carbocycles. The monoisotopic (exact) mass is 518 g/mol. The Morgan fingerprint density at radius 1 is 1.03 bits per heavy atom. The van der Waals surface area contributed by atoms with Crippen molar-refractivity contribution in [2.75, 3.05) is 38.5 Å². The molecule has 2 aliphatic rings. The second kappa shape index (κ2) is 12.6. The van der Waals surface area contributed by atoms with Crippen molar-refractivity contribution in [1.29, 1.82) is 0 Å². The van der Waals surface area contributed by atoms with Crippen LogP contribution in [0.3, 0.4) is 0 Å². The number of fused-ring (bicyclic) bond motifs is 1. The van der Waals surface area contributed by atoms with Crippen LogP contribution in [-0.4, -0.2) is 74.9 Å². The van der Waals surface area contributed by atoms with E-state index >= 15 is 0 Å². The van der Waals surface area contributed by atoms with Crippen LogP contribution in [0, 0.1) is 0 Å². The molecule has 38 heavy (non-hydrogen) atoms. The van der Waals surface area contributed by atoms with Gasteiger partial charge in [0.1, 0.15) is 0 Å². The van der Waals surface area contributed by atoms with Crippen molar-refractivity contribution < 1.29 is 5.11 Å². The number of piperazine rings is 1. The van der Waals surface area contributed by atoms with Gasteiger partial charge in [-0.2, -0.15) is 0 Å². The molecule has 7 nitrogen and oxygen atoms in total. The highest BCUT2D eigenvalue weighted by molar-refractivity contribution is 5.81. The average molecular weight is 519 g/mol. The van der Waals surface area contributed by atoms with Gasteiger partial charge in [-0.05, 0) is 63.3 Å². The second-order valence-electron chi connectivity index (χ2n) is 11.7. The fourth-order valence-corrected chi connectivity index (χ4v) is 6.02. The Kier molecular flexibility index (Phi) is 8.97. The molecule has 1 aromatic carbocycles. The van der Waals surface area contributed by atoms with Gasteiger partial charge >= 0.3 is 0 Å². The van der Waals surface area contributed by atoms with Gasteiger partial charge in [-0.1, -0.05) is 50.5 Å². The molecule has 1 saturated heterocycles. The summed E-state index contributed by atoms with van der Waals surface area (Å²) < 4.78 is 2.13. The Balaban J connectivity index is 1.39. The molecule has 2 aromatic heterocycles. The maximum atomic E-state index is 10.1. The number of nitrogens with one attached hydrogen (secondary N) is 1. The lowest BCUT2D eigenvalue weighted by molar-refractivity contribution is 0.121. The van der Waals surface area contributed by atoms with E-state index in [-0.39, 0.29) is 6.10 Å². The smallest absolute Gasteiger partial charge is 0.241 e. The fourth-order valence-electron chi connectivity index (χ4n) is 6.02. The highest BCUT2D eigenvalue weighted by Crippen LogP contribution is 2.37. The first kappa shape index (κ1) is 27.1. The number of nitrogens with zero attached hydrogens (tertiary/aromatic N) is 5. The van der Waals surface area contributed by atoms with Crippen LogP contribution in [0.5, 0.6) is 0 Å². The van der Waals surface area contributed by atoms with Crippen molar-refractivity contribution in [3.8, 4) is 11.1 Å². The number of benzene rings is 1. The van der Waals surface area contributed by atoms with Crippen LogP contribution in [0.2, 0.25) is 0 Å². The van der Waals surface area contributed by atoms with E-state index in [2.05, 4.69) is 70.9 Å². The lowest BCUT2D eigenvalue weighted by Gasteiger charge is -2.32. The van der Waals surface area contributed by atoms with Crippen molar-refractivity contribution in [1.82, 2.24) is 24.4 Å². The molecule has 1 atom stereocenters. The number of aliphatic hydroxyl groups excluding tert-OH is 1. The van der Waals surface area contributed by atoms with Crippen LogP contribution in [0.15, 0.2) is 36.5 Å². The first-order chi connectivity index (χ1) is 18.5. The molecule has 7 heteroatoms. The SMILES string of the molecule is CCCCC[C@H](C)Nc1ncc2c(-c3ccc(CN4CCN(C)CC4)cc3)cc(C3CCC(O)CC3)n2n1. The molecule has 0 spiro atoms. The molecule has 0 radical (unpaired) electrons. The maximum absolute atomic E-state index is 10.1. The van der Waals surface area contributed by atoms with Crippen molar-refractivity contribution in [2.24, 2.45) is 0 Å². The number of aromatic nitrogens is 3. The van der Waals surface area contributed by atoms with Gasteiger partial charge in [-0.15, -0.1) is 5.10 Å². The summed E-state index contributed by atoms with van der Waals surface area (Å²) in [5.41, 5.74) is 6.07. The van der Waals surface area contributed by atoms with Gasteiger partial charge in [-0.25, -0.2) is 9.50 Å². The molecule has 3 heterocycles. The number of likely N-dealkylation sites (N-methyl/N-ethyl adjacent to an activating group) is 1. The predicted molar refractivity (Wildman–Crippen MR) is 156 cm³/mol. The number of hydrogen-bond acceptors (Lipinski definition) is 6. The number of hydrogen-bond donors (Lipinski definition) is 2. The molecular formula is C31H46N6O. The molecule has 0 bridgehead atoms. The minimum Gasteiger partial charge on any atom is -0.393 e. The number of anilines is 1. The minimum absolute atomic E-state index is 0.166. The molecule has 3 aromatic rings. The summed E-state index contributed by atoms with van der Waals surface area (Å²) in [5, 5.41) is 18.7. The molecule has 206 valence electrons. The highest BCUT2D eigenvalue weighted by atomic mass is 16.3. The number of unbranched alkanes of at least 4 members (excludes halogenated alkanes) is 2. The first-order valence-electron chi connectivity index (χ1n) is 14.8. The van der Waals surface area contributed by atoms with Crippen LogP contribution in [-0.2, 0) is 6.54 Å². The summed E-state index contributed by atoms with van der Waals surface area (Å²) in [6.45, 7) is 10.0. The van der Waals surface area contributed by atoms with Gasteiger partial charge in [-0.3, -0.25) is 4.90 Å². The van der Waals surface area contributed by atoms with Gasteiger partial charge < -0.3 is 15.3 Å². The Morgan fingerprint density at radius 2 is 1.76 bits per heavy atom. The van der Waals surface area contributed by atoms with E-state index in [0.717, 1.165) is 70.3 Å². The number of rotatable bonds is 10. The third-order valence-electron chi connectivity index (χ3n) is 8.54. The normalized spacial score (nSPS) is 22.1. The third-order valence-corrected chi connectivity index (χ3v) is 8.54. The van der Waals surface area contributed by atoms with Gasteiger partial charge in [0.2, 0.25) is 5.95 Å². The fraction of sp³-hybridized carbons (Fsp3) is 0.613. The standard InChI is InChI=1S/C31H46N6O/c1-4-5-6-7-23(2)33-31-32-21-30-28(20-29(37(30)34-31)26-12-14-27(38)15-13-26)25-10-8-24(9-11-25)22-36-18-16-35(3)17-19-36/h8-11,20-21,23,26-27,38H,4-7,12-19,22H2,1-3H3,(H,33,34)/t23-,26?,27?/m0/s1. The van der Waals surface area contributed by atoms with E-state index in [4.69, 9.17) is 10.1 Å². The van der Waals surface area contributed by atoms with E-state index in [0.29, 0.717) is 17.9 Å². The summed E-state index contributed by atoms with van der Waals surface area (Å²) in [5.74, 6) is 1.10. The Hall–Kier alpha value is -2.48. The van der Waals surface area contributed by atoms with E-state index in [9.17, 15) is 5.11 Å². The Morgan fingerprint density at radius 3 is 2.47 bits per heavy atom. The third kappa shape index (κ3) is 6.56. The van der Waals surface area contributed by atoms with Crippen molar-refractivity contribution in [2.45, 2.75) is 89.8 Å². The zero-order chi connectivity index (χ0) is 26.5. The van der Waals surface area contributed by atoms with E-state index in [1.807, 2.05) is 6.20 Å². The van der Waals surface area contributed by atoms with E-state index in [1.54, 1.807) is 0 Å². The zero-order valence-corrected chi connectivity index (χ0v) is 23.6. The van der Waals surface area contributed by atoms with Gasteiger partial charge in [0.15, 0.2) is 0 Å². The summed E-state index contributed by atoms with van der Waals surface area (Å²) in [4.78, 5) is 9.69. The van der Waals surface area contributed by atoms with Crippen LogP contribution < -0.4 is 5.32 Å². The molecule has 1 aliphatic heterocycles. The van der Waals surface area contributed by atoms with Crippen molar-refractivity contribution in [3.05, 3.63) is 47.8 Å². The summed E-state index contributed by atoms with van der Waals surface area (Å²) in [6, 6.07) is 11.8. The highest BCUT2D eigenvalue weighted by Gasteiger charge is 2.26. The molecular weight excluding hydrogens is 472 g/mol. The lowest BCUT2D eigenvalue weighted by atomic mass is 9.85. The van der Waals surface area contributed by atoms with Crippen molar-refractivity contribution in [3.63, 3.8) is 0 Å². The number of aliphatic hydroxyl groups is 1. The molecule has 2 N–H and O–H groups in total. The van der Waals surface area contributed by atoms with E-state index in [1.165, 1.54) is 41.6 Å². The average Bonchev–Trinajstić information content (AvgIpc) is 3.30. The lowest BCUT2D eigenvalue weighted by Crippen LogP contribution is -2.43. The van der Waals surface area contributed by atoms with Crippen LogP contribution >= 0.6 is 0 Å². The Labute approximate surface area is 228 Å². The molecule has 0 amide bonds. The summed E-state index contributed by atoms with van der Waals surface area (Å²) in [6.07, 6.45) is 10.4. The second-order valence-corrected chi connectivity index (χ2v) is 11.7. The van der Waals surface area contributed by atoms with Gasteiger partial charge in [0.25, 0.3) is 0 Å². The van der Waals surface area contributed by atoms with Crippen LogP contribution in [0.1, 0.15) is 82.4 Å². The van der Waals surface area contributed by atoms with Crippen LogP contribution in [0.25, 0.3) is 16.6 Å². The summed E-state index contributed by atoms with van der Waals surface area (Å²) >= 11 is 0. The maximum Gasteiger partial charge on any atom is 0.241 e. The first-order valence-corrected chi connectivity index (χ1v) is 14.8. The van der Waals surface area contributed by atoms with Gasteiger partial charge in [0.05, 0.1) is 17.8 Å². The van der Waals surface area contributed by atoms with Crippen LogP contribution in [0.4, 0.5) is 5.95 Å². The largest absolute Gasteiger partial charge is 0.393 e. The molecule has 1 saturated carbocycles. The molecule has 0 unspecified atom stereocenters. The zero-order valence-electron chi connectivity index (χ0n) is 23.6. The quantitative estimate of drug-likeness (QED) is 0.343. The molecule has 2 fully saturated rings. The summed E-state index contributed by atoms with van der Waals surface area (Å²) in [7, 11) is 2.20. The van der Waals surface area contributed by atoms with E-state index < -0.39 is 0 Å². The topological polar surface area (TPSA) is 68.9 Å². The minimum atomic E-state index is -0.166. The molecule has 5 rings (SSSR count). The van der Waals surface area contributed by atoms with Crippen molar-refractivity contribution >= 4 is 11.5 Å². The van der Waals surface area contributed by atoms with Gasteiger partial charge in [0, 0.05) is 55.9 Å². The predicted octanol–water partition coefficient (Wildman–Crippen LogP) is 5.54. The Bertz CT molecular complexity index is 1160.